The Morgan fingerprint density at radius 2 is 2.41 bits per heavy atom. The predicted molar refractivity (Wildman–Crippen MR) is 67.5 cm³/mol. The summed E-state index contributed by atoms with van der Waals surface area (Å²) in [7, 11) is 0. The molecular formula is C13H22N4. The van der Waals surface area contributed by atoms with Crippen LogP contribution in [0.25, 0.3) is 0 Å². The zero-order chi connectivity index (χ0) is 11.8. The molecule has 2 aliphatic rings. The van der Waals surface area contributed by atoms with Crippen LogP contribution in [0.15, 0.2) is 12.5 Å². The summed E-state index contributed by atoms with van der Waals surface area (Å²) in [4.78, 5) is 6.93. The van der Waals surface area contributed by atoms with Crippen LogP contribution in [0.5, 0.6) is 0 Å². The topological polar surface area (TPSA) is 33.1 Å². The van der Waals surface area contributed by atoms with E-state index < -0.39 is 0 Å². The first kappa shape index (κ1) is 11.2. The molecule has 3 rings (SSSR count). The summed E-state index contributed by atoms with van der Waals surface area (Å²) in [5, 5.41) is 3.68. The Balaban J connectivity index is 1.91. The SMILES string of the molecule is CCCN1CC(C)CC2NCc3cncn3C21. The molecule has 94 valence electrons. The number of hydrogen-bond donors (Lipinski definition) is 1. The highest BCUT2D eigenvalue weighted by atomic mass is 15.4. The Morgan fingerprint density at radius 1 is 1.53 bits per heavy atom. The van der Waals surface area contributed by atoms with Crippen molar-refractivity contribution >= 4 is 0 Å². The zero-order valence-electron chi connectivity index (χ0n) is 10.8. The van der Waals surface area contributed by atoms with Crippen LogP contribution in [-0.2, 0) is 6.54 Å². The molecule has 1 aromatic heterocycles. The van der Waals surface area contributed by atoms with Crippen LogP contribution in [0.4, 0.5) is 0 Å². The normalized spacial score (nSPS) is 33.2. The van der Waals surface area contributed by atoms with Crippen molar-refractivity contribution in [3.8, 4) is 0 Å². The minimum absolute atomic E-state index is 0.484. The van der Waals surface area contributed by atoms with Gasteiger partial charge >= 0.3 is 0 Å². The van der Waals surface area contributed by atoms with Gasteiger partial charge in [-0.2, -0.15) is 0 Å². The van der Waals surface area contributed by atoms with Gasteiger partial charge in [-0.15, -0.1) is 0 Å². The lowest BCUT2D eigenvalue weighted by molar-refractivity contribution is 0.0217. The third kappa shape index (κ3) is 1.89. The Bertz CT molecular complexity index is 387. The van der Waals surface area contributed by atoms with Gasteiger partial charge in [-0.1, -0.05) is 13.8 Å². The van der Waals surface area contributed by atoms with Crippen LogP contribution in [0.3, 0.4) is 0 Å². The number of imidazole rings is 1. The third-order valence-electron chi connectivity index (χ3n) is 4.02. The second-order valence-corrected chi connectivity index (χ2v) is 5.53. The van der Waals surface area contributed by atoms with Gasteiger partial charge in [0, 0.05) is 25.3 Å². The smallest absolute Gasteiger partial charge is 0.103 e. The van der Waals surface area contributed by atoms with Crippen molar-refractivity contribution in [1.82, 2.24) is 19.8 Å². The van der Waals surface area contributed by atoms with Crippen molar-refractivity contribution < 1.29 is 0 Å². The van der Waals surface area contributed by atoms with Crippen molar-refractivity contribution in [3.63, 3.8) is 0 Å². The van der Waals surface area contributed by atoms with Crippen molar-refractivity contribution in [1.29, 1.82) is 0 Å². The van der Waals surface area contributed by atoms with Gasteiger partial charge in [0.1, 0.15) is 6.17 Å². The molecule has 1 aromatic rings. The van der Waals surface area contributed by atoms with Gasteiger partial charge in [0.15, 0.2) is 0 Å². The fourth-order valence-electron chi connectivity index (χ4n) is 3.40. The second kappa shape index (κ2) is 4.42. The van der Waals surface area contributed by atoms with E-state index in [2.05, 4.69) is 33.6 Å². The van der Waals surface area contributed by atoms with E-state index in [1.54, 1.807) is 0 Å². The highest BCUT2D eigenvalue weighted by molar-refractivity contribution is 5.07. The van der Waals surface area contributed by atoms with E-state index in [1.807, 2.05) is 12.5 Å². The van der Waals surface area contributed by atoms with E-state index in [1.165, 1.54) is 31.6 Å². The quantitative estimate of drug-likeness (QED) is 0.844. The van der Waals surface area contributed by atoms with Crippen molar-refractivity contribution in [2.24, 2.45) is 5.92 Å². The monoisotopic (exact) mass is 234 g/mol. The van der Waals surface area contributed by atoms with Crippen molar-refractivity contribution in [2.75, 3.05) is 13.1 Å². The van der Waals surface area contributed by atoms with Gasteiger partial charge in [0.05, 0.1) is 12.0 Å². The van der Waals surface area contributed by atoms with Crippen LogP contribution in [-0.4, -0.2) is 33.6 Å². The molecular weight excluding hydrogens is 212 g/mol. The van der Waals surface area contributed by atoms with Crippen LogP contribution in [0.2, 0.25) is 0 Å². The summed E-state index contributed by atoms with van der Waals surface area (Å²) in [6.45, 7) is 8.00. The lowest BCUT2D eigenvalue weighted by atomic mass is 9.91. The maximum absolute atomic E-state index is 4.30. The first-order chi connectivity index (χ1) is 8.29. The molecule has 0 radical (unpaired) electrons. The minimum Gasteiger partial charge on any atom is -0.315 e. The Morgan fingerprint density at radius 3 is 3.24 bits per heavy atom. The molecule has 4 nitrogen and oxygen atoms in total. The highest BCUT2D eigenvalue weighted by Crippen LogP contribution is 2.33. The van der Waals surface area contributed by atoms with Gasteiger partial charge in [-0.3, -0.25) is 4.90 Å². The van der Waals surface area contributed by atoms with E-state index in [0.717, 1.165) is 12.5 Å². The van der Waals surface area contributed by atoms with Gasteiger partial charge in [0.2, 0.25) is 0 Å². The molecule has 3 atom stereocenters. The Labute approximate surface area is 103 Å². The molecule has 3 heterocycles. The maximum atomic E-state index is 4.30. The zero-order valence-corrected chi connectivity index (χ0v) is 10.8. The number of rotatable bonds is 2. The van der Waals surface area contributed by atoms with Gasteiger partial charge in [0.25, 0.3) is 0 Å². The fraction of sp³-hybridized carbons (Fsp3) is 0.769. The standard InChI is InChI=1S/C13H22N4/c1-3-4-16-8-10(2)5-12-13(16)17-9-14-6-11(17)7-15-12/h6,9-10,12-13,15H,3-5,7-8H2,1-2H3. The number of nitrogens with zero attached hydrogens (tertiary/aromatic N) is 3. The molecule has 0 amide bonds. The summed E-state index contributed by atoms with van der Waals surface area (Å²) in [5.74, 6) is 0.792. The third-order valence-corrected chi connectivity index (χ3v) is 4.02. The van der Waals surface area contributed by atoms with Crippen molar-refractivity contribution in [3.05, 3.63) is 18.2 Å². The van der Waals surface area contributed by atoms with E-state index in [0.29, 0.717) is 12.2 Å². The summed E-state index contributed by atoms with van der Waals surface area (Å²) in [6, 6.07) is 0.590. The van der Waals surface area contributed by atoms with E-state index in [-0.39, 0.29) is 0 Å². The van der Waals surface area contributed by atoms with E-state index in [9.17, 15) is 0 Å². The molecule has 4 heteroatoms. The van der Waals surface area contributed by atoms with E-state index >= 15 is 0 Å². The summed E-state index contributed by atoms with van der Waals surface area (Å²) in [6.07, 6.45) is 6.98. The molecule has 0 aromatic carbocycles. The lowest BCUT2D eigenvalue weighted by Gasteiger charge is -2.47. The lowest BCUT2D eigenvalue weighted by Crippen LogP contribution is -2.55. The molecule has 3 unspecified atom stereocenters. The number of likely N-dealkylation sites (tertiary alicyclic amines) is 1. The van der Waals surface area contributed by atoms with Crippen LogP contribution in [0.1, 0.15) is 38.5 Å². The van der Waals surface area contributed by atoms with Crippen LogP contribution in [0, 0.1) is 5.92 Å². The predicted octanol–water partition coefficient (Wildman–Crippen LogP) is 1.61. The fourth-order valence-corrected chi connectivity index (χ4v) is 3.40. The number of aromatic nitrogens is 2. The van der Waals surface area contributed by atoms with Crippen LogP contribution < -0.4 is 5.32 Å². The van der Waals surface area contributed by atoms with Gasteiger partial charge in [-0.25, -0.2) is 4.98 Å². The van der Waals surface area contributed by atoms with Gasteiger partial charge in [-0.05, 0) is 25.3 Å². The van der Waals surface area contributed by atoms with E-state index in [4.69, 9.17) is 0 Å². The number of hydrogen-bond acceptors (Lipinski definition) is 3. The maximum Gasteiger partial charge on any atom is 0.103 e. The molecule has 2 aliphatic heterocycles. The minimum atomic E-state index is 0.484. The average Bonchev–Trinajstić information content (AvgIpc) is 2.76. The molecule has 0 saturated carbocycles. The Hall–Kier alpha value is -0.870. The molecule has 0 aliphatic carbocycles. The molecule has 0 bridgehead atoms. The number of piperidine rings is 1. The molecule has 0 spiro atoms. The summed E-state index contributed by atoms with van der Waals surface area (Å²) < 4.78 is 2.38. The van der Waals surface area contributed by atoms with Gasteiger partial charge < -0.3 is 9.88 Å². The largest absolute Gasteiger partial charge is 0.315 e. The summed E-state index contributed by atoms with van der Waals surface area (Å²) in [5.41, 5.74) is 1.32. The number of nitrogens with one attached hydrogen (secondary N) is 1. The average molecular weight is 234 g/mol. The van der Waals surface area contributed by atoms with Crippen molar-refractivity contribution in [2.45, 2.75) is 45.4 Å². The van der Waals surface area contributed by atoms with Crippen LogP contribution >= 0.6 is 0 Å². The first-order valence-corrected chi connectivity index (χ1v) is 6.77. The molecule has 17 heavy (non-hydrogen) atoms. The molecule has 1 fully saturated rings. The molecule has 1 N–H and O–H groups in total. The number of fused-ring (bicyclic) bond motifs is 3. The second-order valence-electron chi connectivity index (χ2n) is 5.53. The Kier molecular flexibility index (Phi) is 2.92. The highest BCUT2D eigenvalue weighted by Gasteiger charge is 2.38. The first-order valence-electron chi connectivity index (χ1n) is 6.77. The summed E-state index contributed by atoms with van der Waals surface area (Å²) >= 11 is 0. The molecule has 1 saturated heterocycles.